The van der Waals surface area contributed by atoms with Gasteiger partial charge in [0.1, 0.15) is 23.3 Å². The number of halogens is 2. The van der Waals surface area contributed by atoms with E-state index >= 15 is 0 Å². The Morgan fingerprint density at radius 3 is 2.78 bits per heavy atom. The van der Waals surface area contributed by atoms with Gasteiger partial charge in [-0.05, 0) is 6.07 Å². The number of amides is 1. The zero-order chi connectivity index (χ0) is 20.1. The number of carbonyl (C=O) groups is 2. The third kappa shape index (κ3) is 3.99. The molecule has 0 bridgehead atoms. The summed E-state index contributed by atoms with van der Waals surface area (Å²) in [7, 11) is 0. The molecular formula is C18H16ClFN4O3. The lowest BCUT2D eigenvalue weighted by Gasteiger charge is -2.30. The van der Waals surface area contributed by atoms with Crippen LogP contribution in [-0.2, 0) is 22.6 Å². The zero-order valence-corrected chi connectivity index (χ0v) is 15.1. The van der Waals surface area contributed by atoms with Gasteiger partial charge in [-0.2, -0.15) is 5.26 Å². The van der Waals surface area contributed by atoms with Crippen molar-refractivity contribution in [3.05, 3.63) is 45.9 Å². The average molecular weight is 391 g/mol. The highest BCUT2D eigenvalue weighted by atomic mass is 35.5. The lowest BCUT2D eigenvalue weighted by Crippen LogP contribution is -2.35. The fourth-order valence-corrected chi connectivity index (χ4v) is 3.18. The number of carboxylic acid groups (broad SMARTS) is 1. The van der Waals surface area contributed by atoms with E-state index in [-0.39, 0.29) is 35.3 Å². The molecule has 3 N–H and O–H groups in total. The number of benzene rings is 1. The van der Waals surface area contributed by atoms with Crippen molar-refractivity contribution >= 4 is 29.8 Å². The van der Waals surface area contributed by atoms with Crippen LogP contribution < -0.4 is 5.73 Å². The van der Waals surface area contributed by atoms with Crippen molar-refractivity contribution in [2.75, 3.05) is 12.3 Å². The van der Waals surface area contributed by atoms with Crippen molar-refractivity contribution in [3.63, 3.8) is 0 Å². The van der Waals surface area contributed by atoms with Crippen molar-refractivity contribution in [1.29, 1.82) is 5.26 Å². The molecule has 140 valence electrons. The second-order valence-corrected chi connectivity index (χ2v) is 6.06. The molecule has 2 aromatic rings. The van der Waals surface area contributed by atoms with Gasteiger partial charge in [0.15, 0.2) is 0 Å². The van der Waals surface area contributed by atoms with Crippen LogP contribution >= 0.6 is 11.6 Å². The maximum absolute atomic E-state index is 13.9. The molecule has 0 aliphatic carbocycles. The summed E-state index contributed by atoms with van der Waals surface area (Å²) in [5.74, 6) is -0.573. The summed E-state index contributed by atoms with van der Waals surface area (Å²) in [6.45, 7) is 2.04. The van der Waals surface area contributed by atoms with Crippen LogP contribution in [0.2, 0.25) is 5.02 Å². The van der Waals surface area contributed by atoms with Gasteiger partial charge in [-0.15, -0.1) is 0 Å². The minimum Gasteiger partial charge on any atom is -0.483 e. The molecule has 0 fully saturated rings. The molecule has 3 rings (SSSR count). The number of carbonyl (C=O) groups excluding carboxylic acids is 1. The number of hydrogen-bond acceptors (Lipinski definition) is 5. The first-order valence-electron chi connectivity index (χ1n) is 7.84. The molecule has 0 saturated carbocycles. The summed E-state index contributed by atoms with van der Waals surface area (Å²) in [6.07, 6.45) is 0.519. The van der Waals surface area contributed by atoms with E-state index in [2.05, 4.69) is 4.98 Å². The first kappa shape index (κ1) is 20.1. The Morgan fingerprint density at radius 2 is 2.19 bits per heavy atom. The molecule has 0 saturated heterocycles. The molecule has 1 aliphatic rings. The van der Waals surface area contributed by atoms with Crippen LogP contribution in [0.5, 0.6) is 0 Å². The van der Waals surface area contributed by atoms with E-state index in [0.29, 0.717) is 35.3 Å². The van der Waals surface area contributed by atoms with Crippen LogP contribution in [0.1, 0.15) is 23.7 Å². The molecule has 1 amide bonds. The van der Waals surface area contributed by atoms with Gasteiger partial charge in [0.25, 0.3) is 6.47 Å². The molecule has 0 radical (unpaired) electrons. The third-order valence-electron chi connectivity index (χ3n) is 4.16. The summed E-state index contributed by atoms with van der Waals surface area (Å²) in [5, 5.41) is 16.3. The normalized spacial score (nSPS) is 12.3. The van der Waals surface area contributed by atoms with Crippen LogP contribution in [0.4, 0.5) is 10.2 Å². The standard InChI is InChI=1S/C17H14ClFN4O.CH2O2/c1-9(24)23-6-5-14-12(8-23)15(11(7-20)17(21)22-14)10-3-2-4-13(19)16(10)18;2-1-3/h2-4H,5-6,8H2,1H3,(H2,21,22);1H,(H,2,3). The molecule has 7 nitrogen and oxygen atoms in total. The lowest BCUT2D eigenvalue weighted by molar-refractivity contribution is -0.129. The Bertz CT molecular complexity index is 943. The van der Waals surface area contributed by atoms with Gasteiger partial charge < -0.3 is 15.7 Å². The maximum Gasteiger partial charge on any atom is 0.290 e. The number of nitriles is 1. The largest absolute Gasteiger partial charge is 0.483 e. The van der Waals surface area contributed by atoms with Gasteiger partial charge in [-0.3, -0.25) is 9.59 Å². The summed E-state index contributed by atoms with van der Waals surface area (Å²) < 4.78 is 13.9. The number of rotatable bonds is 1. The Balaban J connectivity index is 0.000000817. The number of aromatic nitrogens is 1. The Morgan fingerprint density at radius 1 is 1.52 bits per heavy atom. The quantitative estimate of drug-likeness (QED) is 0.722. The second-order valence-electron chi connectivity index (χ2n) is 5.68. The highest BCUT2D eigenvalue weighted by Gasteiger charge is 2.27. The summed E-state index contributed by atoms with van der Waals surface area (Å²) in [5.41, 5.74) is 8.30. The predicted octanol–water partition coefficient (Wildman–Crippen LogP) is 2.60. The van der Waals surface area contributed by atoms with E-state index in [1.54, 1.807) is 11.0 Å². The van der Waals surface area contributed by atoms with E-state index in [4.69, 9.17) is 27.2 Å². The van der Waals surface area contributed by atoms with E-state index in [1.165, 1.54) is 19.1 Å². The highest BCUT2D eigenvalue weighted by Crippen LogP contribution is 2.39. The zero-order valence-electron chi connectivity index (χ0n) is 14.4. The van der Waals surface area contributed by atoms with Gasteiger partial charge in [0.2, 0.25) is 5.91 Å². The summed E-state index contributed by atoms with van der Waals surface area (Å²) >= 11 is 6.12. The lowest BCUT2D eigenvalue weighted by atomic mass is 9.91. The fourth-order valence-electron chi connectivity index (χ4n) is 2.96. The molecule has 0 spiro atoms. The Hall–Kier alpha value is -3.18. The number of anilines is 1. The number of nitrogens with two attached hydrogens (primary N) is 1. The minimum absolute atomic E-state index is 0.0766. The van der Waals surface area contributed by atoms with E-state index in [1.807, 2.05) is 6.07 Å². The van der Waals surface area contributed by atoms with Gasteiger partial charge in [-0.1, -0.05) is 23.7 Å². The number of fused-ring (bicyclic) bond motifs is 1. The number of nitrogen functional groups attached to an aromatic ring is 1. The van der Waals surface area contributed by atoms with E-state index in [9.17, 15) is 14.4 Å². The van der Waals surface area contributed by atoms with Crippen LogP contribution in [-0.4, -0.2) is 33.9 Å². The molecule has 0 atom stereocenters. The second kappa shape index (κ2) is 8.47. The molecule has 1 aliphatic heterocycles. The topological polar surface area (TPSA) is 120 Å². The molecule has 1 aromatic carbocycles. The average Bonchev–Trinajstić information content (AvgIpc) is 2.63. The number of pyridine rings is 1. The molecule has 1 aromatic heterocycles. The van der Waals surface area contributed by atoms with Crippen molar-refractivity contribution < 1.29 is 19.1 Å². The van der Waals surface area contributed by atoms with Crippen molar-refractivity contribution in [2.45, 2.75) is 19.9 Å². The third-order valence-corrected chi connectivity index (χ3v) is 4.54. The van der Waals surface area contributed by atoms with Crippen molar-refractivity contribution in [1.82, 2.24) is 9.88 Å². The van der Waals surface area contributed by atoms with Gasteiger partial charge in [0, 0.05) is 43.1 Å². The molecule has 27 heavy (non-hydrogen) atoms. The summed E-state index contributed by atoms with van der Waals surface area (Å²) in [6, 6.07) is 6.43. The van der Waals surface area contributed by atoms with Gasteiger partial charge in [-0.25, -0.2) is 9.37 Å². The summed E-state index contributed by atoms with van der Waals surface area (Å²) in [4.78, 5) is 26.0. The van der Waals surface area contributed by atoms with E-state index in [0.717, 1.165) is 0 Å². The van der Waals surface area contributed by atoms with Crippen LogP contribution in [0.3, 0.4) is 0 Å². The predicted molar refractivity (Wildman–Crippen MR) is 97.3 cm³/mol. The molecular weight excluding hydrogens is 375 g/mol. The van der Waals surface area contributed by atoms with Gasteiger partial charge in [0.05, 0.1) is 10.7 Å². The highest BCUT2D eigenvalue weighted by molar-refractivity contribution is 6.33. The monoisotopic (exact) mass is 390 g/mol. The van der Waals surface area contributed by atoms with Crippen LogP contribution in [0, 0.1) is 17.1 Å². The Labute approximate surface area is 159 Å². The molecule has 0 unspecified atom stereocenters. The van der Waals surface area contributed by atoms with Crippen LogP contribution in [0.15, 0.2) is 18.2 Å². The van der Waals surface area contributed by atoms with Gasteiger partial charge >= 0.3 is 0 Å². The van der Waals surface area contributed by atoms with Crippen molar-refractivity contribution in [2.24, 2.45) is 0 Å². The molecule has 9 heteroatoms. The fraction of sp³-hybridized carbons (Fsp3) is 0.222. The SMILES string of the molecule is CC(=O)N1CCc2nc(N)c(C#N)c(-c3cccc(F)c3Cl)c2C1.O=CO. The van der Waals surface area contributed by atoms with E-state index < -0.39 is 5.82 Å². The minimum atomic E-state index is -0.582. The van der Waals surface area contributed by atoms with Crippen molar-refractivity contribution in [3.8, 4) is 17.2 Å². The number of nitrogens with zero attached hydrogens (tertiary/aromatic N) is 3. The Kier molecular flexibility index (Phi) is 6.32. The van der Waals surface area contributed by atoms with Crippen LogP contribution in [0.25, 0.3) is 11.1 Å². The number of hydrogen-bond donors (Lipinski definition) is 2. The maximum atomic E-state index is 13.9. The smallest absolute Gasteiger partial charge is 0.290 e. The first-order valence-corrected chi connectivity index (χ1v) is 8.22. The molecule has 2 heterocycles. The first-order chi connectivity index (χ1) is 12.8.